The number of benzene rings is 2. The highest BCUT2D eigenvalue weighted by molar-refractivity contribution is 8.01. The number of rotatable bonds is 9. The maximum atomic E-state index is 12.7. The van der Waals surface area contributed by atoms with E-state index in [1.165, 1.54) is 23.9 Å². The summed E-state index contributed by atoms with van der Waals surface area (Å²) in [6.45, 7) is 2.16. The van der Waals surface area contributed by atoms with Crippen LogP contribution in [0.5, 0.6) is 11.5 Å². The topological polar surface area (TPSA) is 111 Å². The molecule has 1 aliphatic heterocycles. The largest absolute Gasteiger partial charge is 0.493 e. The van der Waals surface area contributed by atoms with Gasteiger partial charge < -0.3 is 20.1 Å². The number of carbonyl (C=O) groups excluding carboxylic acids is 2. The van der Waals surface area contributed by atoms with Gasteiger partial charge in [-0.1, -0.05) is 6.07 Å². The molecule has 0 unspecified atom stereocenters. The van der Waals surface area contributed by atoms with Crippen molar-refractivity contribution in [2.45, 2.75) is 34.8 Å². The van der Waals surface area contributed by atoms with E-state index in [1.807, 2.05) is 12.1 Å². The van der Waals surface area contributed by atoms with E-state index in [0.29, 0.717) is 30.2 Å². The van der Waals surface area contributed by atoms with Gasteiger partial charge in [-0.2, -0.15) is 0 Å². The monoisotopic (exact) mass is 478 g/mol. The maximum Gasteiger partial charge on any atom is 0.237 e. The van der Waals surface area contributed by atoms with Gasteiger partial charge in [0.2, 0.25) is 11.8 Å². The molecule has 0 bridgehead atoms. The van der Waals surface area contributed by atoms with Gasteiger partial charge in [0, 0.05) is 17.9 Å². The Balaban J connectivity index is 1.52. The second-order valence-electron chi connectivity index (χ2n) is 7.27. The summed E-state index contributed by atoms with van der Waals surface area (Å²) in [6, 6.07) is 10.2. The number of hydrogen-bond donors (Lipinski definition) is 2. The van der Waals surface area contributed by atoms with Gasteiger partial charge in [-0.15, -0.1) is 11.8 Å². The molecular weight excluding hydrogens is 452 g/mol. The van der Waals surface area contributed by atoms with Crippen molar-refractivity contribution < 1.29 is 27.5 Å². The van der Waals surface area contributed by atoms with E-state index in [1.54, 1.807) is 33.3 Å². The van der Waals surface area contributed by atoms with E-state index >= 15 is 0 Å². The van der Waals surface area contributed by atoms with Crippen LogP contribution in [0.2, 0.25) is 0 Å². The second-order valence-corrected chi connectivity index (χ2v) is 10.8. The molecule has 0 saturated carbocycles. The number of sulfone groups is 1. The van der Waals surface area contributed by atoms with Crippen LogP contribution < -0.4 is 20.1 Å². The van der Waals surface area contributed by atoms with E-state index in [9.17, 15) is 18.0 Å². The Morgan fingerprint density at radius 3 is 2.59 bits per heavy atom. The fourth-order valence-corrected chi connectivity index (χ4v) is 5.39. The van der Waals surface area contributed by atoms with Gasteiger partial charge in [0.15, 0.2) is 21.3 Å². The first-order chi connectivity index (χ1) is 15.2. The zero-order chi connectivity index (χ0) is 23.3. The molecule has 0 saturated heterocycles. The highest BCUT2D eigenvalue weighted by atomic mass is 32.2. The van der Waals surface area contributed by atoms with Crippen LogP contribution >= 0.6 is 11.8 Å². The number of nitrogens with one attached hydrogen (secondary N) is 2. The number of methoxy groups -OCH3 is 2. The Hall–Kier alpha value is -2.72. The van der Waals surface area contributed by atoms with Crippen LogP contribution in [0.25, 0.3) is 0 Å². The van der Waals surface area contributed by atoms with E-state index in [0.717, 1.165) is 10.5 Å². The predicted molar refractivity (Wildman–Crippen MR) is 123 cm³/mol. The lowest BCUT2D eigenvalue weighted by molar-refractivity contribution is -0.120. The van der Waals surface area contributed by atoms with Gasteiger partial charge in [-0.3, -0.25) is 9.59 Å². The SMILES string of the molecule is COc1ccc(CCNC(=O)CCS(=O)(=O)c2ccc3c(c2)NC(=O)[C@@H](C)S3)cc1OC. The summed E-state index contributed by atoms with van der Waals surface area (Å²) in [4.78, 5) is 24.9. The molecule has 0 fully saturated rings. The lowest BCUT2D eigenvalue weighted by Gasteiger charge is -2.21. The first kappa shape index (κ1) is 23.9. The summed E-state index contributed by atoms with van der Waals surface area (Å²) in [6.07, 6.45) is 0.420. The van der Waals surface area contributed by atoms with Gasteiger partial charge in [0.05, 0.1) is 35.8 Å². The molecule has 1 heterocycles. The number of carbonyl (C=O) groups is 2. The number of hydrogen-bond acceptors (Lipinski definition) is 7. The van der Waals surface area contributed by atoms with Crippen molar-refractivity contribution >= 4 is 39.1 Å². The van der Waals surface area contributed by atoms with Gasteiger partial charge in [-0.05, 0) is 49.2 Å². The first-order valence-electron chi connectivity index (χ1n) is 10.1. The van der Waals surface area contributed by atoms with Crippen molar-refractivity contribution in [3.8, 4) is 11.5 Å². The minimum absolute atomic E-state index is 0.0878. The fraction of sp³-hybridized carbons (Fsp3) is 0.364. The van der Waals surface area contributed by atoms with Crippen molar-refractivity contribution in [1.29, 1.82) is 0 Å². The molecule has 0 aliphatic carbocycles. The molecule has 1 atom stereocenters. The molecule has 3 rings (SSSR count). The number of fused-ring (bicyclic) bond motifs is 1. The van der Waals surface area contributed by atoms with Gasteiger partial charge in [0.1, 0.15) is 0 Å². The molecular formula is C22H26N2O6S2. The summed E-state index contributed by atoms with van der Waals surface area (Å²) < 4.78 is 35.8. The Labute approximate surface area is 192 Å². The van der Waals surface area contributed by atoms with Gasteiger partial charge in [0.25, 0.3) is 0 Å². The fourth-order valence-electron chi connectivity index (χ4n) is 3.20. The molecule has 1 aliphatic rings. The third kappa shape index (κ3) is 5.74. The van der Waals surface area contributed by atoms with E-state index in [-0.39, 0.29) is 34.1 Å². The van der Waals surface area contributed by atoms with E-state index in [4.69, 9.17) is 9.47 Å². The summed E-state index contributed by atoms with van der Waals surface area (Å²) >= 11 is 1.38. The molecule has 32 heavy (non-hydrogen) atoms. The van der Waals surface area contributed by atoms with Crippen LogP contribution in [0.1, 0.15) is 18.9 Å². The van der Waals surface area contributed by atoms with Crippen LogP contribution in [-0.2, 0) is 25.8 Å². The molecule has 2 aromatic rings. The van der Waals surface area contributed by atoms with Crippen LogP contribution in [0.3, 0.4) is 0 Å². The number of thioether (sulfide) groups is 1. The highest BCUT2D eigenvalue weighted by Gasteiger charge is 2.25. The zero-order valence-corrected chi connectivity index (χ0v) is 19.8. The molecule has 172 valence electrons. The van der Waals surface area contributed by atoms with E-state index < -0.39 is 9.84 Å². The number of amides is 2. The van der Waals surface area contributed by atoms with Gasteiger partial charge in [-0.25, -0.2) is 8.42 Å². The summed E-state index contributed by atoms with van der Waals surface area (Å²) in [5.41, 5.74) is 1.44. The lowest BCUT2D eigenvalue weighted by Crippen LogP contribution is -2.28. The number of ether oxygens (including phenoxy) is 2. The van der Waals surface area contributed by atoms with Crippen LogP contribution in [0.15, 0.2) is 46.2 Å². The summed E-state index contributed by atoms with van der Waals surface area (Å²) in [5.74, 6) is 0.415. The molecule has 2 aromatic carbocycles. The minimum atomic E-state index is -3.67. The highest BCUT2D eigenvalue weighted by Crippen LogP contribution is 2.37. The van der Waals surface area contributed by atoms with Crippen molar-refractivity contribution in [2.75, 3.05) is 31.8 Å². The average Bonchev–Trinajstić information content (AvgIpc) is 2.78. The molecule has 2 N–H and O–H groups in total. The smallest absolute Gasteiger partial charge is 0.237 e. The predicted octanol–water partition coefficient (Wildman–Crippen LogP) is 2.66. The zero-order valence-electron chi connectivity index (χ0n) is 18.1. The van der Waals surface area contributed by atoms with Crippen LogP contribution in [0, 0.1) is 0 Å². The molecule has 0 spiro atoms. The van der Waals surface area contributed by atoms with Crippen molar-refractivity contribution in [3.63, 3.8) is 0 Å². The van der Waals surface area contributed by atoms with Crippen LogP contribution in [-0.4, -0.2) is 52.0 Å². The van der Waals surface area contributed by atoms with Crippen LogP contribution in [0.4, 0.5) is 5.69 Å². The molecule has 0 radical (unpaired) electrons. The first-order valence-corrected chi connectivity index (χ1v) is 12.6. The molecule has 8 nitrogen and oxygen atoms in total. The summed E-state index contributed by atoms with van der Waals surface area (Å²) in [5, 5.41) is 5.24. The lowest BCUT2D eigenvalue weighted by atomic mass is 10.1. The Bertz CT molecular complexity index is 1120. The maximum absolute atomic E-state index is 12.7. The van der Waals surface area contributed by atoms with E-state index in [2.05, 4.69) is 10.6 Å². The minimum Gasteiger partial charge on any atom is -0.493 e. The average molecular weight is 479 g/mol. The van der Waals surface area contributed by atoms with Crippen molar-refractivity contribution in [3.05, 3.63) is 42.0 Å². The third-order valence-electron chi connectivity index (χ3n) is 5.02. The molecule has 2 amide bonds. The standard InChI is InChI=1S/C22H26N2O6S2/c1-14-22(26)24-17-13-16(5-7-20(17)31-14)32(27,28)11-9-21(25)23-10-8-15-4-6-18(29-2)19(12-15)30-3/h4-7,12-14H,8-11H2,1-3H3,(H,23,25)(H,24,26)/t14-/m1/s1. The second kappa shape index (κ2) is 10.3. The third-order valence-corrected chi connectivity index (χ3v) is 7.91. The number of anilines is 1. The Morgan fingerprint density at radius 1 is 1.12 bits per heavy atom. The Kier molecular flexibility index (Phi) is 7.68. The van der Waals surface area contributed by atoms with Crippen molar-refractivity contribution in [1.82, 2.24) is 5.32 Å². The molecule has 0 aromatic heterocycles. The van der Waals surface area contributed by atoms with Crippen molar-refractivity contribution in [2.24, 2.45) is 0 Å². The summed E-state index contributed by atoms with van der Waals surface area (Å²) in [7, 11) is -0.549. The quantitative estimate of drug-likeness (QED) is 0.570. The Morgan fingerprint density at radius 2 is 1.88 bits per heavy atom. The molecule has 10 heteroatoms. The van der Waals surface area contributed by atoms with Gasteiger partial charge >= 0.3 is 0 Å². The normalized spacial score (nSPS) is 15.5.